The van der Waals surface area contributed by atoms with Crippen LogP contribution in [-0.2, 0) is 13.0 Å². The average molecular weight is 523 g/mol. The van der Waals surface area contributed by atoms with Crippen LogP contribution >= 0.6 is 0 Å². The fourth-order valence-corrected chi connectivity index (χ4v) is 4.54. The van der Waals surface area contributed by atoms with Crippen molar-refractivity contribution in [2.24, 2.45) is 5.92 Å². The van der Waals surface area contributed by atoms with E-state index in [0.29, 0.717) is 23.2 Å². The molecule has 10 heteroatoms. The third kappa shape index (κ3) is 5.79. The molecule has 2 aromatic carbocycles. The number of nitrogens with zero attached hydrogens (tertiary/aromatic N) is 5. The predicted octanol–water partition coefficient (Wildman–Crippen LogP) is 5.90. The van der Waals surface area contributed by atoms with Crippen LogP contribution in [0.1, 0.15) is 74.6 Å². The number of hydrogen-bond acceptors (Lipinski definition) is 5. The molecular formula is C28H32F2N6O2. The topological polar surface area (TPSA) is 98.5 Å². The molecule has 0 unspecified atom stereocenters. The number of nitrogens with one attached hydrogen (secondary N) is 1. The number of hydrogen-bond donors (Lipinski definition) is 1. The van der Waals surface area contributed by atoms with E-state index >= 15 is 0 Å². The summed E-state index contributed by atoms with van der Waals surface area (Å²) in [4.78, 5) is 26.2. The molecule has 38 heavy (non-hydrogen) atoms. The Hall–Kier alpha value is -3.95. The molecule has 0 saturated carbocycles. The van der Waals surface area contributed by atoms with Gasteiger partial charge in [0.2, 0.25) is 11.7 Å². The summed E-state index contributed by atoms with van der Waals surface area (Å²) in [5.74, 6) is 0.145. The lowest BCUT2D eigenvalue weighted by Crippen LogP contribution is -2.30. The van der Waals surface area contributed by atoms with Crippen molar-refractivity contribution < 1.29 is 13.6 Å². The maximum Gasteiger partial charge on any atom is 0.335 e. The standard InChI is InChI=1S/C28H32F2N6O2/c1-4-5-10-24(37)36-25(26(29)30)23(16-11-18(2)3)35(28(36)38)17-19-12-14-20(15-13-19)21-8-6-7-9-22(21)27-31-33-34-32-27/h6-9,12-15,18,26H,4-5,10-11,16-17H2,1-3H3,(H,31,32,33,34). The van der Waals surface area contributed by atoms with Crippen molar-refractivity contribution >= 4 is 5.91 Å². The molecular weight excluding hydrogens is 490 g/mol. The molecule has 1 N–H and O–H groups in total. The largest absolute Gasteiger partial charge is 0.335 e. The minimum atomic E-state index is -2.93. The van der Waals surface area contributed by atoms with Crippen molar-refractivity contribution in [3.8, 4) is 22.5 Å². The summed E-state index contributed by atoms with van der Waals surface area (Å²) in [6.45, 7) is 6.00. The normalized spacial score (nSPS) is 11.6. The van der Waals surface area contributed by atoms with Crippen molar-refractivity contribution in [1.29, 1.82) is 0 Å². The highest BCUT2D eigenvalue weighted by atomic mass is 19.3. The molecule has 0 amide bonds. The summed E-state index contributed by atoms with van der Waals surface area (Å²) in [5.41, 5.74) is 2.44. The molecule has 2 heterocycles. The highest BCUT2D eigenvalue weighted by Crippen LogP contribution is 2.30. The molecule has 0 aliphatic rings. The number of carbonyl (C=O) groups excluding carboxylic acids is 1. The lowest BCUT2D eigenvalue weighted by molar-refractivity contribution is 0.0854. The Kier molecular flexibility index (Phi) is 8.60. The first-order valence-corrected chi connectivity index (χ1v) is 12.9. The highest BCUT2D eigenvalue weighted by molar-refractivity contribution is 5.80. The number of benzene rings is 2. The van der Waals surface area contributed by atoms with E-state index in [1.165, 1.54) is 4.57 Å². The van der Waals surface area contributed by atoms with Gasteiger partial charge in [0.15, 0.2) is 0 Å². The average Bonchev–Trinajstić information content (AvgIpc) is 3.54. The number of imidazole rings is 1. The summed E-state index contributed by atoms with van der Waals surface area (Å²) >= 11 is 0. The van der Waals surface area contributed by atoms with Crippen LogP contribution in [0.2, 0.25) is 0 Å². The molecule has 2 aromatic heterocycles. The number of tetrazole rings is 1. The minimum absolute atomic E-state index is 0.0538. The molecule has 0 aliphatic heterocycles. The smallest absolute Gasteiger partial charge is 0.291 e. The monoisotopic (exact) mass is 522 g/mol. The second kappa shape index (κ2) is 12.1. The van der Waals surface area contributed by atoms with Crippen LogP contribution in [0.4, 0.5) is 8.78 Å². The number of unbranched alkanes of at least 4 members (excludes halogenated alkanes) is 1. The van der Waals surface area contributed by atoms with Crippen LogP contribution in [0.25, 0.3) is 22.5 Å². The number of aromatic nitrogens is 6. The minimum Gasteiger partial charge on any atom is -0.291 e. The van der Waals surface area contributed by atoms with E-state index in [2.05, 4.69) is 20.6 Å². The third-order valence-corrected chi connectivity index (χ3v) is 6.56. The Bertz CT molecular complexity index is 1420. The molecule has 4 rings (SSSR count). The van der Waals surface area contributed by atoms with Gasteiger partial charge in [-0.25, -0.2) is 18.1 Å². The zero-order chi connectivity index (χ0) is 27.2. The molecule has 0 saturated heterocycles. The van der Waals surface area contributed by atoms with E-state index in [1.54, 1.807) is 0 Å². The van der Waals surface area contributed by atoms with Crippen LogP contribution in [0.5, 0.6) is 0 Å². The van der Waals surface area contributed by atoms with Crippen molar-refractivity contribution in [3.63, 3.8) is 0 Å². The second-order valence-corrected chi connectivity index (χ2v) is 9.74. The van der Waals surface area contributed by atoms with Crippen molar-refractivity contribution in [1.82, 2.24) is 29.8 Å². The summed E-state index contributed by atoms with van der Waals surface area (Å²) in [6.07, 6.45) is -0.700. The van der Waals surface area contributed by atoms with Gasteiger partial charge in [0, 0.05) is 17.7 Å². The third-order valence-electron chi connectivity index (χ3n) is 6.56. The first-order valence-electron chi connectivity index (χ1n) is 12.9. The number of rotatable bonds is 11. The van der Waals surface area contributed by atoms with E-state index in [4.69, 9.17) is 0 Å². The number of carbonyl (C=O) groups is 1. The van der Waals surface area contributed by atoms with Gasteiger partial charge in [0.1, 0.15) is 5.69 Å². The zero-order valence-electron chi connectivity index (χ0n) is 21.8. The van der Waals surface area contributed by atoms with Gasteiger partial charge < -0.3 is 0 Å². The van der Waals surface area contributed by atoms with Crippen molar-refractivity contribution in [3.05, 3.63) is 76.0 Å². The lowest BCUT2D eigenvalue weighted by atomic mass is 9.98. The predicted molar refractivity (Wildman–Crippen MR) is 141 cm³/mol. The van der Waals surface area contributed by atoms with Gasteiger partial charge in [-0.3, -0.25) is 9.36 Å². The number of aromatic amines is 1. The van der Waals surface area contributed by atoms with Gasteiger partial charge in [-0.1, -0.05) is 75.7 Å². The lowest BCUT2D eigenvalue weighted by Gasteiger charge is -2.12. The van der Waals surface area contributed by atoms with E-state index in [-0.39, 0.29) is 31.0 Å². The fourth-order valence-electron chi connectivity index (χ4n) is 4.54. The first-order chi connectivity index (χ1) is 18.3. The van der Waals surface area contributed by atoms with Crippen LogP contribution < -0.4 is 5.69 Å². The molecule has 0 atom stereocenters. The maximum absolute atomic E-state index is 14.3. The first kappa shape index (κ1) is 27.1. The zero-order valence-corrected chi connectivity index (χ0v) is 21.8. The Labute approximate surface area is 219 Å². The van der Waals surface area contributed by atoms with E-state index < -0.39 is 23.7 Å². The van der Waals surface area contributed by atoms with Gasteiger partial charge in [-0.15, -0.1) is 10.2 Å². The molecule has 4 aromatic rings. The molecule has 200 valence electrons. The second-order valence-electron chi connectivity index (χ2n) is 9.74. The van der Waals surface area contributed by atoms with Crippen molar-refractivity contribution in [2.45, 2.75) is 65.8 Å². The summed E-state index contributed by atoms with van der Waals surface area (Å²) < 4.78 is 30.6. The summed E-state index contributed by atoms with van der Waals surface area (Å²) in [6, 6.07) is 15.2. The molecule has 8 nitrogen and oxygen atoms in total. The van der Waals surface area contributed by atoms with Gasteiger partial charge in [0.25, 0.3) is 6.43 Å². The quantitative estimate of drug-likeness (QED) is 0.264. The van der Waals surface area contributed by atoms with Gasteiger partial charge in [0.05, 0.1) is 6.54 Å². The van der Waals surface area contributed by atoms with Crippen LogP contribution in [-0.4, -0.2) is 35.7 Å². The van der Waals surface area contributed by atoms with Crippen LogP contribution in [0.3, 0.4) is 0 Å². The van der Waals surface area contributed by atoms with Crippen molar-refractivity contribution in [2.75, 3.05) is 0 Å². The molecule has 0 aliphatic carbocycles. The Morgan fingerprint density at radius 1 is 1.05 bits per heavy atom. The van der Waals surface area contributed by atoms with Crippen LogP contribution in [0.15, 0.2) is 53.3 Å². The summed E-state index contributed by atoms with van der Waals surface area (Å²) in [5, 5.41) is 14.3. The Morgan fingerprint density at radius 3 is 2.37 bits per heavy atom. The summed E-state index contributed by atoms with van der Waals surface area (Å²) in [7, 11) is 0. The molecule has 0 fully saturated rings. The Balaban J connectivity index is 1.71. The molecule has 0 bridgehead atoms. The highest BCUT2D eigenvalue weighted by Gasteiger charge is 2.29. The number of halogens is 2. The molecule has 0 spiro atoms. The van der Waals surface area contributed by atoms with E-state index in [9.17, 15) is 18.4 Å². The number of H-pyrrole nitrogens is 1. The van der Waals surface area contributed by atoms with Gasteiger partial charge in [-0.05, 0) is 47.1 Å². The van der Waals surface area contributed by atoms with Crippen LogP contribution in [0, 0.1) is 5.92 Å². The van der Waals surface area contributed by atoms with Gasteiger partial charge in [-0.2, -0.15) is 5.21 Å². The Morgan fingerprint density at radius 2 is 1.76 bits per heavy atom. The van der Waals surface area contributed by atoms with E-state index in [1.807, 2.05) is 69.3 Å². The fraction of sp³-hybridized carbons (Fsp3) is 0.393. The SMILES string of the molecule is CCCCC(=O)n1c(C(F)F)c(CCC(C)C)n(Cc2ccc(-c3ccccc3-c3nn[nH]n3)cc2)c1=O. The number of alkyl halides is 2. The maximum atomic E-state index is 14.3. The molecule has 0 radical (unpaired) electrons. The van der Waals surface area contributed by atoms with Gasteiger partial charge >= 0.3 is 5.69 Å². The van der Waals surface area contributed by atoms with E-state index in [0.717, 1.165) is 28.7 Å².